The molecule has 1 aliphatic heterocycles. The number of thiazole rings is 1. The fraction of sp³-hybridized carbons (Fsp3) is 0.500. The molecule has 1 atom stereocenters. The van der Waals surface area contributed by atoms with Gasteiger partial charge in [0.05, 0.1) is 29.4 Å². The van der Waals surface area contributed by atoms with E-state index in [1.807, 2.05) is 25.2 Å². The lowest BCUT2D eigenvalue weighted by Gasteiger charge is -2.17. The Hall–Kier alpha value is -0.920. The Morgan fingerprint density at radius 1 is 1.42 bits per heavy atom. The predicted octanol–water partition coefficient (Wildman–Crippen LogP) is 2.87. The van der Waals surface area contributed by atoms with Crippen LogP contribution in [0.5, 0.6) is 0 Å². The SMILES string of the molecule is CN(Cc1nc2ccccc2s1)C(=O)CNCC1CCCO1.Cl.Cl. The first-order chi connectivity index (χ1) is 10.7. The number of fused-ring (bicyclic) bond motifs is 1. The molecule has 134 valence electrons. The van der Waals surface area contributed by atoms with Crippen molar-refractivity contribution in [1.29, 1.82) is 0 Å². The van der Waals surface area contributed by atoms with Gasteiger partial charge in [-0.2, -0.15) is 0 Å². The van der Waals surface area contributed by atoms with E-state index >= 15 is 0 Å². The largest absolute Gasteiger partial charge is 0.377 e. The summed E-state index contributed by atoms with van der Waals surface area (Å²) in [4.78, 5) is 18.4. The summed E-state index contributed by atoms with van der Waals surface area (Å²) in [5.41, 5.74) is 1.000. The monoisotopic (exact) mass is 391 g/mol. The van der Waals surface area contributed by atoms with Crippen molar-refractivity contribution in [2.45, 2.75) is 25.5 Å². The second-order valence-electron chi connectivity index (χ2n) is 5.59. The van der Waals surface area contributed by atoms with Crippen LogP contribution in [0.4, 0.5) is 0 Å². The maximum atomic E-state index is 12.1. The molecule has 0 spiro atoms. The first-order valence-electron chi connectivity index (χ1n) is 7.63. The molecule has 1 saturated heterocycles. The molecule has 1 unspecified atom stereocenters. The molecule has 0 aliphatic carbocycles. The number of nitrogens with one attached hydrogen (secondary N) is 1. The molecule has 1 aromatic carbocycles. The Morgan fingerprint density at radius 2 is 2.21 bits per heavy atom. The van der Waals surface area contributed by atoms with Crippen molar-refractivity contribution in [2.75, 3.05) is 26.7 Å². The number of likely N-dealkylation sites (N-methyl/N-ethyl adjacent to an activating group) is 1. The molecule has 1 amide bonds. The van der Waals surface area contributed by atoms with Crippen LogP contribution in [0.3, 0.4) is 0 Å². The second kappa shape index (κ2) is 10.2. The molecule has 0 saturated carbocycles. The van der Waals surface area contributed by atoms with Crippen LogP contribution >= 0.6 is 36.2 Å². The zero-order valence-electron chi connectivity index (χ0n) is 13.6. The summed E-state index contributed by atoms with van der Waals surface area (Å²) in [6, 6.07) is 8.05. The normalized spacial score (nSPS) is 16.5. The number of para-hydroxylation sites is 1. The Bertz CT molecular complexity index is 614. The summed E-state index contributed by atoms with van der Waals surface area (Å²) in [6.07, 6.45) is 2.47. The van der Waals surface area contributed by atoms with Crippen LogP contribution in [0.15, 0.2) is 24.3 Å². The maximum absolute atomic E-state index is 12.1. The first-order valence-corrected chi connectivity index (χ1v) is 8.45. The van der Waals surface area contributed by atoms with Crippen LogP contribution in [0.25, 0.3) is 10.2 Å². The zero-order valence-corrected chi connectivity index (χ0v) is 16.0. The molecule has 24 heavy (non-hydrogen) atoms. The molecule has 2 aromatic rings. The number of carbonyl (C=O) groups is 1. The number of halogens is 2. The number of hydrogen-bond acceptors (Lipinski definition) is 5. The highest BCUT2D eigenvalue weighted by atomic mass is 35.5. The van der Waals surface area contributed by atoms with E-state index in [4.69, 9.17) is 4.74 Å². The van der Waals surface area contributed by atoms with Gasteiger partial charge in [-0.15, -0.1) is 36.2 Å². The van der Waals surface area contributed by atoms with Crippen LogP contribution in [0.2, 0.25) is 0 Å². The lowest BCUT2D eigenvalue weighted by atomic mass is 10.2. The van der Waals surface area contributed by atoms with Gasteiger partial charge >= 0.3 is 0 Å². The number of benzene rings is 1. The van der Waals surface area contributed by atoms with E-state index in [1.165, 1.54) is 0 Å². The average Bonchev–Trinajstić information content (AvgIpc) is 3.15. The number of nitrogens with zero attached hydrogens (tertiary/aromatic N) is 2. The van der Waals surface area contributed by atoms with Gasteiger partial charge in [0.2, 0.25) is 5.91 Å². The van der Waals surface area contributed by atoms with E-state index in [1.54, 1.807) is 16.2 Å². The highest BCUT2D eigenvalue weighted by molar-refractivity contribution is 7.18. The van der Waals surface area contributed by atoms with Crippen LogP contribution in [-0.2, 0) is 16.1 Å². The minimum Gasteiger partial charge on any atom is -0.377 e. The number of ether oxygens (including phenoxy) is 1. The lowest BCUT2D eigenvalue weighted by molar-refractivity contribution is -0.129. The summed E-state index contributed by atoms with van der Waals surface area (Å²) in [5, 5.41) is 4.16. The molecule has 0 radical (unpaired) electrons. The van der Waals surface area contributed by atoms with Crippen molar-refractivity contribution < 1.29 is 9.53 Å². The fourth-order valence-corrected chi connectivity index (χ4v) is 3.58. The molecular weight excluding hydrogens is 369 g/mol. The molecule has 1 aromatic heterocycles. The van der Waals surface area contributed by atoms with Gasteiger partial charge in [-0.1, -0.05) is 12.1 Å². The quantitative estimate of drug-likeness (QED) is 0.822. The third-order valence-electron chi connectivity index (χ3n) is 3.81. The standard InChI is InChI=1S/C16H21N3O2S.2ClH/c1-19(16(20)10-17-9-12-5-4-8-21-12)11-15-18-13-6-2-3-7-14(13)22-15;;/h2-3,6-7,12,17H,4-5,8-11H2,1H3;2*1H. The minimum atomic E-state index is 0. The molecule has 1 fully saturated rings. The van der Waals surface area contributed by atoms with E-state index in [9.17, 15) is 4.79 Å². The van der Waals surface area contributed by atoms with E-state index < -0.39 is 0 Å². The van der Waals surface area contributed by atoms with Crippen LogP contribution in [-0.4, -0.2) is 48.6 Å². The Labute approximate surface area is 158 Å². The minimum absolute atomic E-state index is 0. The van der Waals surface area contributed by atoms with Gasteiger partial charge in [0.25, 0.3) is 0 Å². The van der Waals surface area contributed by atoms with Gasteiger partial charge in [-0.05, 0) is 25.0 Å². The van der Waals surface area contributed by atoms with E-state index in [2.05, 4.69) is 16.4 Å². The molecule has 1 aliphatic rings. The molecule has 0 bridgehead atoms. The Morgan fingerprint density at radius 3 is 2.92 bits per heavy atom. The summed E-state index contributed by atoms with van der Waals surface area (Å²) in [6.45, 7) is 2.50. The van der Waals surface area contributed by atoms with Crippen molar-refractivity contribution >= 4 is 52.3 Å². The second-order valence-corrected chi connectivity index (χ2v) is 6.71. The summed E-state index contributed by atoms with van der Waals surface area (Å²) >= 11 is 1.64. The average molecular weight is 392 g/mol. The molecule has 3 rings (SSSR count). The van der Waals surface area contributed by atoms with Gasteiger partial charge in [-0.25, -0.2) is 4.98 Å². The van der Waals surface area contributed by atoms with Crippen molar-refractivity contribution in [3.05, 3.63) is 29.3 Å². The van der Waals surface area contributed by atoms with Crippen LogP contribution in [0, 0.1) is 0 Å². The topological polar surface area (TPSA) is 54.5 Å². The van der Waals surface area contributed by atoms with E-state index in [0.29, 0.717) is 13.1 Å². The summed E-state index contributed by atoms with van der Waals surface area (Å²) in [5.74, 6) is 0.0808. The van der Waals surface area contributed by atoms with Crippen LogP contribution < -0.4 is 5.32 Å². The molecule has 1 N–H and O–H groups in total. The van der Waals surface area contributed by atoms with Gasteiger partial charge in [0, 0.05) is 20.2 Å². The number of hydrogen-bond donors (Lipinski definition) is 1. The first kappa shape index (κ1) is 21.1. The predicted molar refractivity (Wildman–Crippen MR) is 102 cm³/mol. The van der Waals surface area contributed by atoms with Crippen molar-refractivity contribution in [3.8, 4) is 0 Å². The summed E-state index contributed by atoms with van der Waals surface area (Å²) in [7, 11) is 1.82. The number of carbonyl (C=O) groups excluding carboxylic acids is 1. The van der Waals surface area contributed by atoms with E-state index in [-0.39, 0.29) is 36.8 Å². The Kier molecular flexibility index (Phi) is 8.94. The number of amides is 1. The molecule has 2 heterocycles. The molecule has 5 nitrogen and oxygen atoms in total. The lowest BCUT2D eigenvalue weighted by Crippen LogP contribution is -2.38. The van der Waals surface area contributed by atoms with E-state index in [0.717, 1.165) is 41.2 Å². The smallest absolute Gasteiger partial charge is 0.236 e. The number of aromatic nitrogens is 1. The van der Waals surface area contributed by atoms with Gasteiger partial charge < -0.3 is 15.0 Å². The third-order valence-corrected chi connectivity index (χ3v) is 4.83. The Balaban J connectivity index is 0.00000144. The van der Waals surface area contributed by atoms with Crippen molar-refractivity contribution in [1.82, 2.24) is 15.2 Å². The zero-order chi connectivity index (χ0) is 15.4. The molecule has 8 heteroatoms. The number of rotatable bonds is 6. The summed E-state index contributed by atoms with van der Waals surface area (Å²) < 4.78 is 6.69. The van der Waals surface area contributed by atoms with Crippen LogP contribution in [0.1, 0.15) is 17.8 Å². The fourth-order valence-electron chi connectivity index (χ4n) is 2.56. The highest BCUT2D eigenvalue weighted by Gasteiger charge is 2.16. The van der Waals surface area contributed by atoms with Gasteiger partial charge in [0.1, 0.15) is 5.01 Å². The van der Waals surface area contributed by atoms with Gasteiger partial charge in [0.15, 0.2) is 0 Å². The third kappa shape index (κ3) is 5.57. The van der Waals surface area contributed by atoms with Gasteiger partial charge in [-0.3, -0.25) is 4.79 Å². The molecular formula is C16H23Cl2N3O2S. The van der Waals surface area contributed by atoms with Crippen molar-refractivity contribution in [2.24, 2.45) is 0 Å². The highest BCUT2D eigenvalue weighted by Crippen LogP contribution is 2.22. The maximum Gasteiger partial charge on any atom is 0.236 e. The van der Waals surface area contributed by atoms with Crippen molar-refractivity contribution in [3.63, 3.8) is 0 Å².